The normalized spacial score (nSPS) is 10.9. The maximum absolute atomic E-state index is 12.5. The molecule has 0 saturated carbocycles. The number of amides is 1. The van der Waals surface area contributed by atoms with E-state index < -0.39 is 0 Å². The molecule has 25 heavy (non-hydrogen) atoms. The predicted octanol–water partition coefficient (Wildman–Crippen LogP) is 3.60. The van der Waals surface area contributed by atoms with Crippen molar-refractivity contribution >= 4 is 34.4 Å². The summed E-state index contributed by atoms with van der Waals surface area (Å²) < 4.78 is 1.55. The highest BCUT2D eigenvalue weighted by atomic mass is 32.1. The van der Waals surface area contributed by atoms with Crippen LogP contribution in [0.5, 0.6) is 0 Å². The number of hydrogen-bond donors (Lipinski definition) is 2. The number of carbonyl (C=O) groups is 1. The third kappa shape index (κ3) is 2.85. The van der Waals surface area contributed by atoms with Crippen LogP contribution < -0.4 is 11.1 Å². The van der Waals surface area contributed by atoms with Crippen LogP contribution in [0.25, 0.3) is 16.3 Å². The smallest absolute Gasteiger partial charge is 0.255 e. The lowest BCUT2D eigenvalue weighted by atomic mass is 10.2. The number of anilines is 2. The van der Waals surface area contributed by atoms with Crippen LogP contribution in [0.1, 0.15) is 15.9 Å². The Morgan fingerprint density at radius 3 is 2.72 bits per heavy atom. The van der Waals surface area contributed by atoms with Crippen molar-refractivity contribution < 1.29 is 4.79 Å². The molecule has 0 radical (unpaired) electrons. The zero-order valence-electron chi connectivity index (χ0n) is 13.4. The third-order valence-corrected chi connectivity index (χ3v) is 4.84. The van der Waals surface area contributed by atoms with Crippen molar-refractivity contribution in [2.24, 2.45) is 0 Å². The minimum atomic E-state index is -0.239. The molecule has 0 bridgehead atoms. The highest BCUT2D eigenvalue weighted by molar-refractivity contribution is 7.13. The first-order chi connectivity index (χ1) is 12.1. The van der Waals surface area contributed by atoms with E-state index in [1.165, 1.54) is 0 Å². The van der Waals surface area contributed by atoms with E-state index in [0.717, 1.165) is 16.1 Å². The Bertz CT molecular complexity index is 1070. The van der Waals surface area contributed by atoms with E-state index in [1.54, 1.807) is 28.0 Å². The summed E-state index contributed by atoms with van der Waals surface area (Å²) in [6, 6.07) is 14.6. The third-order valence-electron chi connectivity index (χ3n) is 3.82. The number of fused-ring (bicyclic) bond motifs is 1. The second-order valence-corrected chi connectivity index (χ2v) is 6.54. The topological polar surface area (TPSA) is 85.3 Å². The molecule has 0 aliphatic rings. The van der Waals surface area contributed by atoms with Crippen molar-refractivity contribution in [3.63, 3.8) is 0 Å². The van der Waals surface area contributed by atoms with Crippen molar-refractivity contribution in [3.05, 3.63) is 65.0 Å². The van der Waals surface area contributed by atoms with Crippen LogP contribution in [0, 0.1) is 6.92 Å². The Kier molecular flexibility index (Phi) is 3.70. The number of aryl methyl sites for hydroxylation is 1. The number of nitrogens with two attached hydrogens (primary N) is 1. The molecule has 0 unspecified atom stereocenters. The molecule has 0 aliphatic heterocycles. The molecule has 1 amide bonds. The van der Waals surface area contributed by atoms with Crippen LogP contribution in [0.2, 0.25) is 0 Å². The van der Waals surface area contributed by atoms with Crippen LogP contribution in [0.4, 0.5) is 11.5 Å². The van der Waals surface area contributed by atoms with Crippen molar-refractivity contribution in [2.45, 2.75) is 6.92 Å². The number of pyridine rings is 1. The summed E-state index contributed by atoms with van der Waals surface area (Å²) in [7, 11) is 0. The summed E-state index contributed by atoms with van der Waals surface area (Å²) in [5, 5.41) is 9.30. The maximum atomic E-state index is 12.5. The number of aromatic nitrogens is 3. The minimum Gasteiger partial charge on any atom is -0.384 e. The molecule has 7 heteroatoms. The molecule has 0 saturated heterocycles. The van der Waals surface area contributed by atoms with Crippen LogP contribution >= 0.6 is 11.3 Å². The van der Waals surface area contributed by atoms with Gasteiger partial charge < -0.3 is 11.1 Å². The SMILES string of the molecule is Cc1ccsc1-c1nc2cc(C(=O)Nc3ccccc3)cc(N)n2n1. The number of rotatable bonds is 3. The van der Waals surface area contributed by atoms with Gasteiger partial charge in [-0.25, -0.2) is 4.98 Å². The molecule has 3 heterocycles. The number of hydrogen-bond acceptors (Lipinski definition) is 5. The summed E-state index contributed by atoms with van der Waals surface area (Å²) in [5.74, 6) is 0.737. The average molecular weight is 349 g/mol. The summed E-state index contributed by atoms with van der Waals surface area (Å²) >= 11 is 1.58. The molecule has 4 rings (SSSR count). The van der Waals surface area contributed by atoms with E-state index in [4.69, 9.17) is 5.73 Å². The number of benzene rings is 1. The van der Waals surface area contributed by atoms with E-state index in [-0.39, 0.29) is 5.91 Å². The fourth-order valence-electron chi connectivity index (χ4n) is 2.56. The zero-order valence-corrected chi connectivity index (χ0v) is 14.2. The molecule has 0 aliphatic carbocycles. The minimum absolute atomic E-state index is 0.239. The van der Waals surface area contributed by atoms with Gasteiger partial charge in [0.1, 0.15) is 5.82 Å². The summed E-state index contributed by atoms with van der Waals surface area (Å²) in [4.78, 5) is 18.0. The van der Waals surface area contributed by atoms with Crippen molar-refractivity contribution in [2.75, 3.05) is 11.1 Å². The zero-order chi connectivity index (χ0) is 17.4. The Balaban J connectivity index is 1.72. The standard InChI is InChI=1S/C18H15N5OS/c1-11-7-8-25-16(11)17-21-15-10-12(9-14(19)23(15)22-17)18(24)20-13-5-3-2-4-6-13/h2-10H,19H2,1H3,(H,20,24). The molecular formula is C18H15N5OS. The van der Waals surface area contributed by atoms with Gasteiger partial charge in [0.25, 0.3) is 5.91 Å². The van der Waals surface area contributed by atoms with E-state index in [1.807, 2.05) is 48.7 Å². The highest BCUT2D eigenvalue weighted by Gasteiger charge is 2.15. The lowest BCUT2D eigenvalue weighted by Crippen LogP contribution is -2.13. The van der Waals surface area contributed by atoms with Crippen molar-refractivity contribution in [3.8, 4) is 10.7 Å². The largest absolute Gasteiger partial charge is 0.384 e. The van der Waals surface area contributed by atoms with Gasteiger partial charge in [0.2, 0.25) is 0 Å². The lowest BCUT2D eigenvalue weighted by molar-refractivity contribution is 0.102. The number of thiophene rings is 1. The highest BCUT2D eigenvalue weighted by Crippen LogP contribution is 2.27. The van der Waals surface area contributed by atoms with Gasteiger partial charge in [0, 0.05) is 11.3 Å². The molecule has 3 aromatic heterocycles. The van der Waals surface area contributed by atoms with Gasteiger partial charge >= 0.3 is 0 Å². The van der Waals surface area contributed by atoms with Crippen LogP contribution in [-0.4, -0.2) is 20.5 Å². The number of nitrogens with zero attached hydrogens (tertiary/aromatic N) is 3. The fourth-order valence-corrected chi connectivity index (χ4v) is 3.42. The van der Waals surface area contributed by atoms with Gasteiger partial charge in [-0.05, 0) is 48.2 Å². The van der Waals surface area contributed by atoms with E-state index in [0.29, 0.717) is 22.9 Å². The quantitative estimate of drug-likeness (QED) is 0.592. The van der Waals surface area contributed by atoms with E-state index in [2.05, 4.69) is 15.4 Å². The molecule has 0 fully saturated rings. The molecule has 124 valence electrons. The van der Waals surface area contributed by atoms with Crippen LogP contribution in [-0.2, 0) is 0 Å². The van der Waals surface area contributed by atoms with Crippen LogP contribution in [0.3, 0.4) is 0 Å². The Morgan fingerprint density at radius 2 is 2.00 bits per heavy atom. The molecular weight excluding hydrogens is 334 g/mol. The Labute approximate surface area is 147 Å². The molecule has 0 atom stereocenters. The number of nitrogen functional groups attached to an aromatic ring is 1. The molecule has 3 N–H and O–H groups in total. The maximum Gasteiger partial charge on any atom is 0.255 e. The van der Waals surface area contributed by atoms with Crippen molar-refractivity contribution in [1.29, 1.82) is 0 Å². The molecule has 0 spiro atoms. The predicted molar refractivity (Wildman–Crippen MR) is 99.8 cm³/mol. The monoisotopic (exact) mass is 349 g/mol. The van der Waals surface area contributed by atoms with Gasteiger partial charge in [-0.15, -0.1) is 16.4 Å². The first-order valence-corrected chi connectivity index (χ1v) is 8.57. The Hall–Kier alpha value is -3.19. The van der Waals surface area contributed by atoms with Gasteiger partial charge in [-0.2, -0.15) is 4.52 Å². The summed E-state index contributed by atoms with van der Waals surface area (Å²) in [5.41, 5.74) is 8.90. The average Bonchev–Trinajstić information content (AvgIpc) is 3.21. The second-order valence-electron chi connectivity index (χ2n) is 5.63. The summed E-state index contributed by atoms with van der Waals surface area (Å²) in [6.07, 6.45) is 0. The fraction of sp³-hybridized carbons (Fsp3) is 0.0556. The van der Waals surface area contributed by atoms with Gasteiger partial charge in [-0.3, -0.25) is 4.79 Å². The van der Waals surface area contributed by atoms with Gasteiger partial charge in [-0.1, -0.05) is 18.2 Å². The number of para-hydroxylation sites is 1. The lowest BCUT2D eigenvalue weighted by Gasteiger charge is -2.06. The molecule has 4 aromatic rings. The number of nitrogens with one attached hydrogen (secondary N) is 1. The second kappa shape index (κ2) is 6.03. The Morgan fingerprint density at radius 1 is 1.20 bits per heavy atom. The summed E-state index contributed by atoms with van der Waals surface area (Å²) in [6.45, 7) is 2.01. The van der Waals surface area contributed by atoms with E-state index in [9.17, 15) is 4.79 Å². The molecule has 1 aromatic carbocycles. The van der Waals surface area contributed by atoms with Gasteiger partial charge in [0.05, 0.1) is 4.88 Å². The van der Waals surface area contributed by atoms with Crippen LogP contribution in [0.15, 0.2) is 53.9 Å². The number of carbonyl (C=O) groups excluding carboxylic acids is 1. The first-order valence-electron chi connectivity index (χ1n) is 7.69. The van der Waals surface area contributed by atoms with Crippen molar-refractivity contribution in [1.82, 2.24) is 14.6 Å². The molecule has 6 nitrogen and oxygen atoms in total. The first kappa shape index (κ1) is 15.3. The van der Waals surface area contributed by atoms with Gasteiger partial charge in [0.15, 0.2) is 11.5 Å². The van der Waals surface area contributed by atoms with E-state index >= 15 is 0 Å².